The first kappa shape index (κ1) is 23.0. The molecule has 0 N–H and O–H groups in total. The minimum absolute atomic E-state index is 0.000848. The number of hydrogen-bond acceptors (Lipinski definition) is 4. The summed E-state index contributed by atoms with van der Waals surface area (Å²) in [6, 6.07) is 15.1. The van der Waals surface area contributed by atoms with Crippen LogP contribution in [0, 0.1) is 12.7 Å². The van der Waals surface area contributed by atoms with Gasteiger partial charge in [-0.25, -0.2) is 4.39 Å². The van der Waals surface area contributed by atoms with Gasteiger partial charge >= 0.3 is 0 Å². The highest BCUT2D eigenvalue weighted by atomic mass is 32.1. The number of carbonyl (C=O) groups excluding carboxylic acids is 2. The van der Waals surface area contributed by atoms with Gasteiger partial charge in [0.05, 0.1) is 6.04 Å². The molecule has 3 aromatic rings. The standard InChI is InChI=1S/C26H27FN2O3S/c1-3-28(26(31)19-9-7-18(2)8-10-19)16-25(30)29-13-11-24-22(12-14-33-24)23(29)17-32-21-6-4-5-20(27)15-21/h4-10,12,14-15,23H,3,11,13,16-17H2,1-2H3/t23-/m1/s1. The summed E-state index contributed by atoms with van der Waals surface area (Å²) in [5.74, 6) is -0.225. The van der Waals surface area contributed by atoms with E-state index in [1.54, 1.807) is 45.4 Å². The number of hydrogen-bond donors (Lipinski definition) is 0. The monoisotopic (exact) mass is 466 g/mol. The predicted molar refractivity (Wildman–Crippen MR) is 127 cm³/mol. The third-order valence-corrected chi connectivity index (χ3v) is 6.91. The molecule has 0 saturated carbocycles. The number of nitrogens with zero attached hydrogens (tertiary/aromatic N) is 2. The Bertz CT molecular complexity index is 1130. The normalized spacial score (nSPS) is 15.1. The Hall–Kier alpha value is -3.19. The van der Waals surface area contributed by atoms with Gasteiger partial charge in [-0.2, -0.15) is 0 Å². The van der Waals surface area contributed by atoms with E-state index >= 15 is 0 Å². The Kier molecular flexibility index (Phi) is 7.08. The van der Waals surface area contributed by atoms with E-state index in [1.807, 2.05) is 37.4 Å². The van der Waals surface area contributed by atoms with Crippen molar-refractivity contribution in [3.05, 3.63) is 87.4 Å². The van der Waals surface area contributed by atoms with Crippen LogP contribution in [0.15, 0.2) is 60.0 Å². The molecule has 0 spiro atoms. The van der Waals surface area contributed by atoms with Crippen LogP contribution < -0.4 is 4.74 Å². The Morgan fingerprint density at radius 3 is 2.70 bits per heavy atom. The quantitative estimate of drug-likeness (QED) is 0.500. The van der Waals surface area contributed by atoms with E-state index in [-0.39, 0.29) is 36.8 Å². The van der Waals surface area contributed by atoms with Crippen molar-refractivity contribution in [1.82, 2.24) is 9.80 Å². The maximum absolute atomic E-state index is 13.6. The summed E-state index contributed by atoms with van der Waals surface area (Å²) >= 11 is 1.67. The number of thiophene rings is 1. The van der Waals surface area contributed by atoms with E-state index in [2.05, 4.69) is 0 Å². The molecular weight excluding hydrogens is 439 g/mol. The number of amides is 2. The van der Waals surface area contributed by atoms with Gasteiger partial charge in [0.1, 0.15) is 24.7 Å². The summed E-state index contributed by atoms with van der Waals surface area (Å²) < 4.78 is 19.4. The molecular formula is C26H27FN2O3S. The molecule has 2 heterocycles. The summed E-state index contributed by atoms with van der Waals surface area (Å²) in [6.07, 6.45) is 0.771. The highest BCUT2D eigenvalue weighted by Gasteiger charge is 2.33. The zero-order chi connectivity index (χ0) is 23.4. The molecule has 0 radical (unpaired) electrons. The maximum atomic E-state index is 13.6. The smallest absolute Gasteiger partial charge is 0.254 e. The molecule has 1 atom stereocenters. The minimum Gasteiger partial charge on any atom is -0.491 e. The first-order chi connectivity index (χ1) is 16.0. The second-order valence-corrected chi connectivity index (χ2v) is 9.11. The zero-order valence-electron chi connectivity index (χ0n) is 18.8. The molecule has 33 heavy (non-hydrogen) atoms. The number of rotatable bonds is 7. The highest BCUT2D eigenvalue weighted by Crippen LogP contribution is 2.34. The third-order valence-electron chi connectivity index (χ3n) is 5.91. The molecule has 0 aliphatic carbocycles. The predicted octanol–water partition coefficient (Wildman–Crippen LogP) is 4.86. The van der Waals surface area contributed by atoms with Crippen LogP contribution in [0.3, 0.4) is 0 Å². The summed E-state index contributed by atoms with van der Waals surface area (Å²) in [5, 5.41) is 2.02. The van der Waals surface area contributed by atoms with Gasteiger partial charge in [0.25, 0.3) is 5.91 Å². The number of likely N-dealkylation sites (N-methyl/N-ethyl adjacent to an activating group) is 1. The first-order valence-corrected chi connectivity index (χ1v) is 11.9. The lowest BCUT2D eigenvalue weighted by atomic mass is 10.0. The van der Waals surface area contributed by atoms with Crippen molar-refractivity contribution in [2.45, 2.75) is 26.3 Å². The van der Waals surface area contributed by atoms with Crippen molar-refractivity contribution < 1.29 is 18.7 Å². The van der Waals surface area contributed by atoms with Gasteiger partial charge in [-0.3, -0.25) is 9.59 Å². The molecule has 0 fully saturated rings. The van der Waals surface area contributed by atoms with Crippen LogP contribution in [0.5, 0.6) is 5.75 Å². The topological polar surface area (TPSA) is 49.9 Å². The Morgan fingerprint density at radius 2 is 1.97 bits per heavy atom. The van der Waals surface area contributed by atoms with Crippen LogP contribution >= 0.6 is 11.3 Å². The fourth-order valence-electron chi connectivity index (χ4n) is 4.07. The van der Waals surface area contributed by atoms with Crippen LogP contribution in [0.4, 0.5) is 4.39 Å². The van der Waals surface area contributed by atoms with Gasteiger partial charge in [-0.15, -0.1) is 11.3 Å². The lowest BCUT2D eigenvalue weighted by Gasteiger charge is -2.37. The number of ether oxygens (including phenoxy) is 1. The van der Waals surface area contributed by atoms with Crippen molar-refractivity contribution in [2.75, 3.05) is 26.2 Å². The Morgan fingerprint density at radius 1 is 1.18 bits per heavy atom. The summed E-state index contributed by atoms with van der Waals surface area (Å²) in [7, 11) is 0. The molecule has 5 nitrogen and oxygen atoms in total. The van der Waals surface area contributed by atoms with Crippen LogP contribution in [-0.4, -0.2) is 47.9 Å². The van der Waals surface area contributed by atoms with E-state index in [9.17, 15) is 14.0 Å². The molecule has 7 heteroatoms. The number of halogens is 1. The van der Waals surface area contributed by atoms with E-state index in [4.69, 9.17) is 4.74 Å². The molecule has 4 rings (SSSR count). The van der Waals surface area contributed by atoms with Crippen LogP contribution in [0.2, 0.25) is 0 Å². The van der Waals surface area contributed by atoms with Crippen molar-refractivity contribution in [2.24, 2.45) is 0 Å². The molecule has 0 unspecified atom stereocenters. The fourth-order valence-corrected chi connectivity index (χ4v) is 4.99. The Balaban J connectivity index is 1.50. The second kappa shape index (κ2) is 10.2. The SMILES string of the molecule is CCN(CC(=O)N1CCc2sccc2[C@H]1COc1cccc(F)c1)C(=O)c1ccc(C)cc1. The minimum atomic E-state index is -0.367. The van der Waals surface area contributed by atoms with Gasteiger partial charge in [0.2, 0.25) is 5.91 Å². The number of aryl methyl sites for hydroxylation is 1. The van der Waals surface area contributed by atoms with Gasteiger partial charge in [0, 0.05) is 29.6 Å². The van der Waals surface area contributed by atoms with Gasteiger partial charge in [0.15, 0.2) is 0 Å². The molecule has 2 aromatic carbocycles. The van der Waals surface area contributed by atoms with E-state index < -0.39 is 0 Å². The van der Waals surface area contributed by atoms with E-state index in [0.29, 0.717) is 24.4 Å². The summed E-state index contributed by atoms with van der Waals surface area (Å²) in [4.78, 5) is 31.0. The van der Waals surface area contributed by atoms with Crippen molar-refractivity contribution in [3.63, 3.8) is 0 Å². The summed E-state index contributed by atoms with van der Waals surface area (Å²) in [6.45, 7) is 5.05. The van der Waals surface area contributed by atoms with Gasteiger partial charge in [-0.05, 0) is 61.5 Å². The Labute approximate surface area is 197 Å². The van der Waals surface area contributed by atoms with Gasteiger partial charge in [-0.1, -0.05) is 23.8 Å². The number of carbonyl (C=O) groups is 2. The number of benzene rings is 2. The van der Waals surface area contributed by atoms with E-state index in [0.717, 1.165) is 17.5 Å². The van der Waals surface area contributed by atoms with Crippen molar-refractivity contribution in [3.8, 4) is 5.75 Å². The maximum Gasteiger partial charge on any atom is 0.254 e. The van der Waals surface area contributed by atoms with Crippen molar-refractivity contribution >= 4 is 23.2 Å². The molecule has 1 aliphatic heterocycles. The van der Waals surface area contributed by atoms with Crippen molar-refractivity contribution in [1.29, 1.82) is 0 Å². The summed E-state index contributed by atoms with van der Waals surface area (Å²) in [5.41, 5.74) is 2.70. The lowest BCUT2D eigenvalue weighted by molar-refractivity contribution is -0.135. The van der Waals surface area contributed by atoms with E-state index in [1.165, 1.54) is 17.0 Å². The van der Waals surface area contributed by atoms with Crippen LogP contribution in [-0.2, 0) is 11.2 Å². The average molecular weight is 467 g/mol. The molecule has 0 bridgehead atoms. The zero-order valence-corrected chi connectivity index (χ0v) is 19.6. The number of fused-ring (bicyclic) bond motifs is 1. The first-order valence-electron chi connectivity index (χ1n) is 11.1. The highest BCUT2D eigenvalue weighted by molar-refractivity contribution is 7.10. The average Bonchev–Trinajstić information content (AvgIpc) is 3.30. The fraction of sp³-hybridized carbons (Fsp3) is 0.308. The molecule has 0 saturated heterocycles. The molecule has 172 valence electrons. The third kappa shape index (κ3) is 5.25. The van der Waals surface area contributed by atoms with Crippen LogP contribution in [0.25, 0.3) is 0 Å². The molecule has 1 aromatic heterocycles. The largest absolute Gasteiger partial charge is 0.491 e. The second-order valence-electron chi connectivity index (χ2n) is 8.11. The van der Waals surface area contributed by atoms with Gasteiger partial charge < -0.3 is 14.5 Å². The molecule has 2 amide bonds. The molecule has 1 aliphatic rings. The lowest BCUT2D eigenvalue weighted by Crippen LogP contribution is -2.47. The van der Waals surface area contributed by atoms with Crippen LogP contribution in [0.1, 0.15) is 39.3 Å².